The van der Waals surface area contributed by atoms with Gasteiger partial charge in [0.1, 0.15) is 18.1 Å². The molecule has 3 rings (SSSR count). The summed E-state index contributed by atoms with van der Waals surface area (Å²) in [4.78, 5) is 45.2. The number of carboxylic acid groups (broad SMARTS) is 2. The third-order valence-corrected chi connectivity index (χ3v) is 5.78. The summed E-state index contributed by atoms with van der Waals surface area (Å²) in [6.07, 6.45) is 1.22. The van der Waals surface area contributed by atoms with E-state index >= 15 is 0 Å². The minimum atomic E-state index is -1.05. The van der Waals surface area contributed by atoms with Crippen molar-refractivity contribution in [1.29, 1.82) is 0 Å². The molecule has 0 aliphatic carbocycles. The first kappa shape index (κ1) is 29.6. The number of carboxylic acids is 2. The Kier molecular flexibility index (Phi) is 10.5. The number of aryl methyl sites for hydroxylation is 2. The first-order valence-electron chi connectivity index (χ1n) is 11.1. The minimum absolute atomic E-state index is 0. The van der Waals surface area contributed by atoms with E-state index in [0.29, 0.717) is 22.4 Å². The maximum Gasteiger partial charge on any atom is 1.00 e. The Bertz CT molecular complexity index is 1300. The molecule has 1 heterocycles. The van der Waals surface area contributed by atoms with E-state index in [9.17, 15) is 29.0 Å². The van der Waals surface area contributed by atoms with Gasteiger partial charge in [-0.15, -0.1) is 6.54 Å². The van der Waals surface area contributed by atoms with Crippen molar-refractivity contribution in [3.63, 3.8) is 0 Å². The van der Waals surface area contributed by atoms with Crippen molar-refractivity contribution in [2.24, 2.45) is 0 Å². The fourth-order valence-electron chi connectivity index (χ4n) is 3.76. The van der Waals surface area contributed by atoms with E-state index in [2.05, 4.69) is 15.3 Å². The van der Waals surface area contributed by atoms with E-state index in [1.54, 1.807) is 43.0 Å². The van der Waals surface area contributed by atoms with Gasteiger partial charge in [-0.05, 0) is 55.7 Å². The van der Waals surface area contributed by atoms with Crippen molar-refractivity contribution in [3.05, 3.63) is 99.1 Å². The van der Waals surface area contributed by atoms with Gasteiger partial charge in [0.25, 0.3) is 0 Å². The van der Waals surface area contributed by atoms with E-state index in [1.165, 1.54) is 24.5 Å². The molecule has 3 aromatic rings. The Hall–Kier alpha value is -3.58. The number of rotatable bonds is 10. The van der Waals surface area contributed by atoms with Crippen molar-refractivity contribution in [1.82, 2.24) is 14.9 Å². The van der Waals surface area contributed by atoms with Crippen molar-refractivity contribution < 1.29 is 47.8 Å². The minimum Gasteiger partial charge on any atom is -0.644 e. The summed E-state index contributed by atoms with van der Waals surface area (Å²) in [5, 5.41) is 22.7. The zero-order chi connectivity index (χ0) is 26.4. The number of amides is 1. The van der Waals surface area contributed by atoms with Crippen LogP contribution in [0.2, 0.25) is 0 Å². The Labute approximate surface area is 225 Å². The Morgan fingerprint density at radius 1 is 1.03 bits per heavy atom. The summed E-state index contributed by atoms with van der Waals surface area (Å²) in [6.45, 7) is 4.98. The molecule has 37 heavy (non-hydrogen) atoms. The zero-order valence-corrected chi connectivity index (χ0v) is 21.1. The SMILES string of the molecule is Cc1cc(C[N-]C(=O)c2cc(CN(CC(=O)O)[C@@H](C)c3ccc(C(=O)O)c(C)c3)ncn2)ccc1F.[Li+]. The van der Waals surface area contributed by atoms with Gasteiger partial charge < -0.3 is 20.3 Å². The van der Waals surface area contributed by atoms with Crippen LogP contribution in [-0.4, -0.2) is 49.5 Å². The number of aliphatic carboxylic acids is 1. The molecule has 1 atom stereocenters. The summed E-state index contributed by atoms with van der Waals surface area (Å²) < 4.78 is 13.4. The molecule has 0 unspecified atom stereocenters. The van der Waals surface area contributed by atoms with Gasteiger partial charge in [0.2, 0.25) is 0 Å². The number of halogens is 1. The number of aromatic carboxylic acids is 1. The van der Waals surface area contributed by atoms with Crippen LogP contribution in [0.5, 0.6) is 0 Å². The molecule has 2 N–H and O–H groups in total. The van der Waals surface area contributed by atoms with Gasteiger partial charge in [-0.25, -0.2) is 19.2 Å². The zero-order valence-electron chi connectivity index (χ0n) is 21.1. The molecule has 0 aliphatic rings. The molecule has 0 spiro atoms. The average Bonchev–Trinajstić information content (AvgIpc) is 2.83. The Morgan fingerprint density at radius 2 is 1.76 bits per heavy atom. The van der Waals surface area contributed by atoms with Crippen LogP contribution >= 0.6 is 0 Å². The van der Waals surface area contributed by atoms with Crippen LogP contribution in [-0.2, 0) is 17.9 Å². The van der Waals surface area contributed by atoms with Crippen molar-refractivity contribution >= 4 is 17.8 Å². The summed E-state index contributed by atoms with van der Waals surface area (Å²) in [5.74, 6) is -2.99. The van der Waals surface area contributed by atoms with Gasteiger partial charge in [-0.1, -0.05) is 29.8 Å². The number of carbonyl (C=O) groups excluding carboxylic acids is 1. The summed E-state index contributed by atoms with van der Waals surface area (Å²) in [7, 11) is 0. The van der Waals surface area contributed by atoms with Gasteiger partial charge in [-0.2, -0.15) is 0 Å². The van der Waals surface area contributed by atoms with Crippen LogP contribution in [0.15, 0.2) is 48.8 Å². The largest absolute Gasteiger partial charge is 1.00 e. The molecule has 0 aliphatic heterocycles. The Morgan fingerprint density at radius 3 is 2.38 bits per heavy atom. The van der Waals surface area contributed by atoms with Gasteiger partial charge in [0.15, 0.2) is 0 Å². The number of benzene rings is 2. The summed E-state index contributed by atoms with van der Waals surface area (Å²) >= 11 is 0. The third-order valence-electron chi connectivity index (χ3n) is 5.78. The van der Waals surface area contributed by atoms with Crippen LogP contribution in [0.4, 0.5) is 4.39 Å². The van der Waals surface area contributed by atoms with E-state index in [0.717, 1.165) is 5.56 Å². The van der Waals surface area contributed by atoms with Gasteiger partial charge in [0, 0.05) is 12.6 Å². The van der Waals surface area contributed by atoms with Crippen LogP contribution < -0.4 is 18.9 Å². The second-order valence-electron chi connectivity index (χ2n) is 8.45. The van der Waals surface area contributed by atoms with E-state index in [4.69, 9.17) is 0 Å². The molecule has 0 radical (unpaired) electrons. The van der Waals surface area contributed by atoms with Crippen LogP contribution in [0, 0.1) is 19.7 Å². The van der Waals surface area contributed by atoms with Gasteiger partial charge in [0.05, 0.1) is 23.5 Å². The molecule has 0 saturated heterocycles. The Balaban J connectivity index is 0.00000481. The molecule has 1 aromatic heterocycles. The molecule has 11 heteroatoms. The predicted molar refractivity (Wildman–Crippen MR) is 129 cm³/mol. The fourth-order valence-corrected chi connectivity index (χ4v) is 3.76. The quantitative estimate of drug-likeness (QED) is 0.398. The average molecular weight is 500 g/mol. The van der Waals surface area contributed by atoms with Gasteiger partial charge in [-0.3, -0.25) is 9.69 Å². The standard InChI is InChI=1S/C26H27FN4O5.Li/c1-15-9-19(5-6-21(15)26(35)36)17(3)31(13-24(32)33)12-20-10-23(30-14-29-20)25(34)28-11-18-4-7-22(27)16(2)8-18;/h4-10,14,17H,11-13H2,1-3H3,(H3,28,32,33,34,35,36);/q;+1/p-1/t17-;/m0./s1. The second kappa shape index (κ2) is 13.1. The van der Waals surface area contributed by atoms with E-state index in [1.807, 2.05) is 6.92 Å². The molecule has 0 bridgehead atoms. The third kappa shape index (κ3) is 7.95. The van der Waals surface area contributed by atoms with Crippen molar-refractivity contribution in [2.75, 3.05) is 6.54 Å². The molecule has 0 fully saturated rings. The normalized spacial score (nSPS) is 11.5. The van der Waals surface area contributed by atoms with Crippen LogP contribution in [0.1, 0.15) is 61.8 Å². The number of nitrogens with zero attached hydrogens (tertiary/aromatic N) is 4. The van der Waals surface area contributed by atoms with Crippen molar-refractivity contribution in [2.45, 2.75) is 39.9 Å². The topological polar surface area (TPSA) is 135 Å². The summed E-state index contributed by atoms with van der Waals surface area (Å²) in [6, 6.07) is 10.4. The van der Waals surface area contributed by atoms with Crippen LogP contribution in [0.3, 0.4) is 0 Å². The number of carbonyl (C=O) groups is 3. The fraction of sp³-hybridized carbons (Fsp3) is 0.269. The number of aromatic nitrogens is 2. The van der Waals surface area contributed by atoms with E-state index < -0.39 is 17.8 Å². The van der Waals surface area contributed by atoms with Gasteiger partial charge >= 0.3 is 30.8 Å². The molecule has 2 aromatic carbocycles. The number of hydrogen-bond donors (Lipinski definition) is 2. The monoisotopic (exact) mass is 500 g/mol. The maximum absolute atomic E-state index is 13.4. The van der Waals surface area contributed by atoms with Crippen LogP contribution in [0.25, 0.3) is 5.32 Å². The molecule has 9 nitrogen and oxygen atoms in total. The van der Waals surface area contributed by atoms with Crippen molar-refractivity contribution in [3.8, 4) is 0 Å². The predicted octanol–water partition coefficient (Wildman–Crippen LogP) is 1.30. The smallest absolute Gasteiger partial charge is 0.644 e. The number of hydrogen-bond acceptors (Lipinski definition) is 6. The van der Waals surface area contributed by atoms with E-state index in [-0.39, 0.29) is 61.6 Å². The first-order valence-corrected chi connectivity index (χ1v) is 11.1. The molecule has 1 amide bonds. The molecular weight excluding hydrogens is 474 g/mol. The maximum atomic E-state index is 13.4. The first-order chi connectivity index (χ1) is 17.0. The summed E-state index contributed by atoms with van der Waals surface area (Å²) in [5.41, 5.74) is 3.11. The molecular formula is C26H26FLiN4O5. The second-order valence-corrected chi connectivity index (χ2v) is 8.45. The molecule has 0 saturated carbocycles. The molecule has 188 valence electrons.